The predicted molar refractivity (Wildman–Crippen MR) is 86.9 cm³/mol. The highest BCUT2D eigenvalue weighted by molar-refractivity contribution is 7.88. The second-order valence-corrected chi connectivity index (χ2v) is 8.50. The minimum absolute atomic E-state index is 0.572. The van der Waals surface area contributed by atoms with E-state index in [1.807, 2.05) is 0 Å². The van der Waals surface area contributed by atoms with Gasteiger partial charge in [-0.2, -0.15) is 4.31 Å². The van der Waals surface area contributed by atoms with Crippen molar-refractivity contribution in [2.75, 3.05) is 39.0 Å². The van der Waals surface area contributed by atoms with E-state index in [1.165, 1.54) is 31.9 Å². The van der Waals surface area contributed by atoms with Gasteiger partial charge in [-0.05, 0) is 31.7 Å². The third kappa shape index (κ3) is 4.41. The molecule has 21 heavy (non-hydrogen) atoms. The van der Waals surface area contributed by atoms with Crippen LogP contribution in [-0.4, -0.2) is 68.7 Å². The molecule has 1 aliphatic heterocycles. The number of nitrogens with zero attached hydrogens (tertiary/aromatic N) is 2. The Balaban J connectivity index is 1.97. The Hall–Kier alpha value is -0.170. The number of nitrogens with one attached hydrogen (secondary N) is 1. The Morgan fingerprint density at radius 2 is 1.76 bits per heavy atom. The molecule has 3 unspecified atom stereocenters. The topological polar surface area (TPSA) is 52.6 Å². The van der Waals surface area contributed by atoms with Crippen molar-refractivity contribution < 1.29 is 8.42 Å². The molecule has 2 aliphatic rings. The highest BCUT2D eigenvalue weighted by Crippen LogP contribution is 2.30. The molecule has 1 aliphatic carbocycles. The minimum Gasteiger partial charge on any atom is -0.313 e. The summed E-state index contributed by atoms with van der Waals surface area (Å²) in [6.45, 7) is 8.50. The Morgan fingerprint density at radius 3 is 2.29 bits per heavy atom. The van der Waals surface area contributed by atoms with Crippen LogP contribution in [0.2, 0.25) is 0 Å². The highest BCUT2D eigenvalue weighted by atomic mass is 32.2. The van der Waals surface area contributed by atoms with Crippen LogP contribution in [0.5, 0.6) is 0 Å². The van der Waals surface area contributed by atoms with Crippen LogP contribution in [0.4, 0.5) is 0 Å². The first kappa shape index (κ1) is 17.2. The van der Waals surface area contributed by atoms with E-state index >= 15 is 0 Å². The molecule has 0 spiro atoms. The summed E-state index contributed by atoms with van der Waals surface area (Å²) < 4.78 is 24.9. The fourth-order valence-electron chi connectivity index (χ4n) is 3.87. The predicted octanol–water partition coefficient (Wildman–Crippen LogP) is 1.12. The van der Waals surface area contributed by atoms with Crippen molar-refractivity contribution in [1.82, 2.24) is 14.5 Å². The monoisotopic (exact) mass is 317 g/mol. The summed E-state index contributed by atoms with van der Waals surface area (Å²) in [5, 5.41) is 3.64. The van der Waals surface area contributed by atoms with Crippen LogP contribution in [0.3, 0.4) is 0 Å². The van der Waals surface area contributed by atoms with Gasteiger partial charge in [0.05, 0.1) is 6.26 Å². The van der Waals surface area contributed by atoms with Gasteiger partial charge in [0.15, 0.2) is 0 Å². The zero-order valence-corrected chi connectivity index (χ0v) is 14.5. The molecule has 6 heteroatoms. The second-order valence-electron chi connectivity index (χ2n) is 6.52. The van der Waals surface area contributed by atoms with Gasteiger partial charge in [0.2, 0.25) is 10.0 Å². The summed E-state index contributed by atoms with van der Waals surface area (Å²) >= 11 is 0. The van der Waals surface area contributed by atoms with E-state index in [-0.39, 0.29) is 0 Å². The van der Waals surface area contributed by atoms with Crippen LogP contribution >= 0.6 is 0 Å². The van der Waals surface area contributed by atoms with Crippen LogP contribution in [0.1, 0.15) is 39.5 Å². The molecule has 1 saturated heterocycles. The van der Waals surface area contributed by atoms with Gasteiger partial charge >= 0.3 is 0 Å². The quantitative estimate of drug-likeness (QED) is 0.826. The minimum atomic E-state index is -3.03. The summed E-state index contributed by atoms with van der Waals surface area (Å²) in [6, 6.07) is 1.15. The lowest BCUT2D eigenvalue weighted by atomic mass is 9.80. The first-order valence-electron chi connectivity index (χ1n) is 8.38. The van der Waals surface area contributed by atoms with Crippen molar-refractivity contribution in [3.63, 3.8) is 0 Å². The molecular weight excluding hydrogens is 286 g/mol. The average molecular weight is 317 g/mol. The van der Waals surface area contributed by atoms with Gasteiger partial charge < -0.3 is 5.32 Å². The van der Waals surface area contributed by atoms with E-state index in [0.717, 1.165) is 25.6 Å². The number of piperazine rings is 1. The van der Waals surface area contributed by atoms with Crippen LogP contribution in [-0.2, 0) is 10.0 Å². The van der Waals surface area contributed by atoms with Gasteiger partial charge in [-0.3, -0.25) is 4.90 Å². The van der Waals surface area contributed by atoms with Crippen molar-refractivity contribution in [3.8, 4) is 0 Å². The van der Waals surface area contributed by atoms with Crippen molar-refractivity contribution in [1.29, 1.82) is 0 Å². The Kier molecular flexibility index (Phi) is 6.05. The molecule has 5 nitrogen and oxygen atoms in total. The molecule has 1 heterocycles. The smallest absolute Gasteiger partial charge is 0.211 e. The second kappa shape index (κ2) is 7.40. The van der Waals surface area contributed by atoms with E-state index in [4.69, 9.17) is 0 Å². The zero-order valence-electron chi connectivity index (χ0n) is 13.7. The fourth-order valence-corrected chi connectivity index (χ4v) is 4.70. The molecule has 0 aromatic heterocycles. The summed E-state index contributed by atoms with van der Waals surface area (Å²) in [5.74, 6) is 0.831. The molecule has 0 radical (unpaired) electrons. The van der Waals surface area contributed by atoms with Gasteiger partial charge in [0, 0.05) is 38.3 Å². The molecule has 0 amide bonds. The number of hydrogen-bond donors (Lipinski definition) is 1. The van der Waals surface area contributed by atoms with Crippen molar-refractivity contribution in [2.45, 2.75) is 51.6 Å². The molecular formula is C15H31N3O2S. The largest absolute Gasteiger partial charge is 0.313 e. The maximum atomic E-state index is 11.6. The fraction of sp³-hybridized carbons (Fsp3) is 1.00. The molecule has 1 N–H and O–H groups in total. The van der Waals surface area contributed by atoms with Crippen molar-refractivity contribution in [3.05, 3.63) is 0 Å². The molecule has 2 rings (SSSR count). The van der Waals surface area contributed by atoms with E-state index in [2.05, 4.69) is 24.1 Å². The molecule has 0 aromatic carbocycles. The highest BCUT2D eigenvalue weighted by Gasteiger charge is 2.35. The van der Waals surface area contributed by atoms with Gasteiger partial charge in [0.1, 0.15) is 0 Å². The van der Waals surface area contributed by atoms with Crippen LogP contribution < -0.4 is 5.32 Å². The van der Waals surface area contributed by atoms with E-state index < -0.39 is 10.0 Å². The summed E-state index contributed by atoms with van der Waals surface area (Å²) in [5.41, 5.74) is 0. The molecule has 3 atom stereocenters. The Morgan fingerprint density at radius 1 is 1.10 bits per heavy atom. The van der Waals surface area contributed by atoms with Gasteiger partial charge in [-0.25, -0.2) is 8.42 Å². The van der Waals surface area contributed by atoms with Crippen LogP contribution in [0.15, 0.2) is 0 Å². The van der Waals surface area contributed by atoms with E-state index in [0.29, 0.717) is 25.2 Å². The van der Waals surface area contributed by atoms with Gasteiger partial charge in [0.25, 0.3) is 0 Å². The van der Waals surface area contributed by atoms with Gasteiger partial charge in [-0.15, -0.1) is 0 Å². The van der Waals surface area contributed by atoms with Crippen molar-refractivity contribution in [2.24, 2.45) is 5.92 Å². The van der Waals surface area contributed by atoms with Crippen LogP contribution in [0.25, 0.3) is 0 Å². The molecule has 1 saturated carbocycles. The third-order valence-electron chi connectivity index (χ3n) is 5.18. The first-order chi connectivity index (χ1) is 9.95. The number of hydrogen-bond acceptors (Lipinski definition) is 4. The number of sulfonamides is 1. The Bertz CT molecular complexity index is 419. The molecule has 2 fully saturated rings. The number of rotatable bonds is 5. The molecule has 124 valence electrons. The lowest BCUT2D eigenvalue weighted by Crippen LogP contribution is -2.58. The maximum Gasteiger partial charge on any atom is 0.211 e. The standard InChI is InChI=1S/C15H31N3O2S/c1-4-13-6-7-14(16-5-2)15(12-13)17-8-10-18(11-9-17)21(3,19)20/h13-16H,4-12H2,1-3H3. The third-order valence-corrected chi connectivity index (χ3v) is 6.48. The lowest BCUT2D eigenvalue weighted by Gasteiger charge is -2.45. The normalized spacial score (nSPS) is 33.2. The summed E-state index contributed by atoms with van der Waals surface area (Å²) in [7, 11) is -3.03. The van der Waals surface area contributed by atoms with Crippen molar-refractivity contribution >= 4 is 10.0 Å². The first-order valence-corrected chi connectivity index (χ1v) is 10.2. The summed E-state index contributed by atoms with van der Waals surface area (Å²) in [4.78, 5) is 2.52. The van der Waals surface area contributed by atoms with Gasteiger partial charge in [-0.1, -0.05) is 20.3 Å². The van der Waals surface area contributed by atoms with Crippen LogP contribution in [0, 0.1) is 5.92 Å². The SMILES string of the molecule is CCNC1CCC(CC)CC1N1CCN(S(C)(=O)=O)CC1. The molecule has 0 aromatic rings. The van der Waals surface area contributed by atoms with E-state index in [1.54, 1.807) is 4.31 Å². The Labute approximate surface area is 130 Å². The maximum absolute atomic E-state index is 11.6. The number of likely N-dealkylation sites (N-methyl/N-ethyl adjacent to an activating group) is 1. The van der Waals surface area contributed by atoms with E-state index in [9.17, 15) is 8.42 Å². The molecule has 0 bridgehead atoms. The average Bonchev–Trinajstić information content (AvgIpc) is 2.47. The summed E-state index contributed by atoms with van der Waals surface area (Å²) in [6.07, 6.45) is 6.42. The zero-order chi connectivity index (χ0) is 15.5. The lowest BCUT2D eigenvalue weighted by molar-refractivity contribution is 0.0684.